The Labute approximate surface area is 95.6 Å². The Morgan fingerprint density at radius 1 is 1.53 bits per heavy atom. The average Bonchev–Trinajstić information content (AvgIpc) is 2.48. The SMILES string of the molecule is Cn1nc(C(F)(F)F)cc1SCCCS. The van der Waals surface area contributed by atoms with E-state index < -0.39 is 11.9 Å². The van der Waals surface area contributed by atoms with Gasteiger partial charge in [-0.05, 0) is 12.2 Å². The zero-order chi connectivity index (χ0) is 11.5. The van der Waals surface area contributed by atoms with Crippen molar-refractivity contribution in [1.82, 2.24) is 9.78 Å². The van der Waals surface area contributed by atoms with E-state index in [1.807, 2.05) is 0 Å². The van der Waals surface area contributed by atoms with Crippen molar-refractivity contribution in [2.45, 2.75) is 17.6 Å². The fourth-order valence-electron chi connectivity index (χ4n) is 0.965. The minimum Gasteiger partial charge on any atom is -0.262 e. The maximum absolute atomic E-state index is 12.3. The second-order valence-corrected chi connectivity index (χ2v) is 4.48. The highest BCUT2D eigenvalue weighted by Gasteiger charge is 2.34. The number of thiol groups is 1. The van der Waals surface area contributed by atoms with Crippen LogP contribution in [0.25, 0.3) is 0 Å². The first-order valence-corrected chi connectivity index (χ1v) is 5.92. The number of aromatic nitrogens is 2. The Hall–Kier alpha value is -0.300. The highest BCUT2D eigenvalue weighted by molar-refractivity contribution is 7.99. The van der Waals surface area contributed by atoms with E-state index in [2.05, 4.69) is 17.7 Å². The van der Waals surface area contributed by atoms with Crippen molar-refractivity contribution in [2.24, 2.45) is 7.05 Å². The number of halogens is 3. The van der Waals surface area contributed by atoms with Gasteiger partial charge < -0.3 is 0 Å². The van der Waals surface area contributed by atoms with E-state index in [-0.39, 0.29) is 0 Å². The van der Waals surface area contributed by atoms with Crippen LogP contribution in [0, 0.1) is 0 Å². The zero-order valence-corrected chi connectivity index (χ0v) is 9.79. The van der Waals surface area contributed by atoms with E-state index in [1.165, 1.54) is 23.5 Å². The molecule has 0 radical (unpaired) electrons. The summed E-state index contributed by atoms with van der Waals surface area (Å²) in [6.07, 6.45) is -3.50. The van der Waals surface area contributed by atoms with E-state index in [0.717, 1.165) is 24.0 Å². The van der Waals surface area contributed by atoms with E-state index in [1.54, 1.807) is 0 Å². The van der Waals surface area contributed by atoms with Gasteiger partial charge >= 0.3 is 6.18 Å². The molecule has 0 N–H and O–H groups in total. The number of hydrogen-bond donors (Lipinski definition) is 1. The van der Waals surface area contributed by atoms with Crippen LogP contribution in [-0.2, 0) is 13.2 Å². The van der Waals surface area contributed by atoms with Gasteiger partial charge in [0, 0.05) is 18.9 Å². The van der Waals surface area contributed by atoms with Gasteiger partial charge in [-0.3, -0.25) is 4.68 Å². The number of hydrogen-bond acceptors (Lipinski definition) is 3. The minimum absolute atomic E-state index is 0.532. The topological polar surface area (TPSA) is 17.8 Å². The van der Waals surface area contributed by atoms with Crippen LogP contribution in [0.3, 0.4) is 0 Å². The summed E-state index contributed by atoms with van der Waals surface area (Å²) < 4.78 is 38.1. The van der Waals surface area contributed by atoms with Crippen molar-refractivity contribution in [1.29, 1.82) is 0 Å². The minimum atomic E-state index is -4.36. The summed E-state index contributed by atoms with van der Waals surface area (Å²) in [5.41, 5.74) is -0.835. The van der Waals surface area contributed by atoms with Gasteiger partial charge in [0.05, 0.1) is 5.03 Å². The molecule has 15 heavy (non-hydrogen) atoms. The van der Waals surface area contributed by atoms with E-state index in [4.69, 9.17) is 0 Å². The van der Waals surface area contributed by atoms with Crippen LogP contribution in [0.1, 0.15) is 12.1 Å². The molecule has 0 spiro atoms. The lowest BCUT2D eigenvalue weighted by molar-refractivity contribution is -0.141. The first kappa shape index (κ1) is 12.8. The molecule has 0 saturated carbocycles. The van der Waals surface area contributed by atoms with Gasteiger partial charge in [0.2, 0.25) is 0 Å². The van der Waals surface area contributed by atoms with Crippen LogP contribution < -0.4 is 0 Å². The summed E-state index contributed by atoms with van der Waals surface area (Å²) >= 11 is 5.39. The number of nitrogens with zero attached hydrogens (tertiary/aromatic N) is 2. The highest BCUT2D eigenvalue weighted by Crippen LogP contribution is 2.31. The largest absolute Gasteiger partial charge is 0.435 e. The third-order valence-corrected chi connectivity index (χ3v) is 3.17. The molecule has 0 saturated heterocycles. The fourth-order valence-corrected chi connectivity index (χ4v) is 2.26. The summed E-state index contributed by atoms with van der Waals surface area (Å²) in [4.78, 5) is 0. The molecular formula is C8H11F3N2S2. The molecule has 0 aliphatic heterocycles. The quantitative estimate of drug-likeness (QED) is 0.507. The molecule has 0 bridgehead atoms. The van der Waals surface area contributed by atoms with E-state index >= 15 is 0 Å². The fraction of sp³-hybridized carbons (Fsp3) is 0.625. The van der Waals surface area contributed by atoms with Gasteiger partial charge in [0.1, 0.15) is 0 Å². The van der Waals surface area contributed by atoms with E-state index in [0.29, 0.717) is 5.03 Å². The summed E-state index contributed by atoms with van der Waals surface area (Å²) in [7, 11) is 1.51. The van der Waals surface area contributed by atoms with Crippen LogP contribution in [0.5, 0.6) is 0 Å². The maximum Gasteiger partial charge on any atom is 0.435 e. The lowest BCUT2D eigenvalue weighted by atomic mass is 10.4. The molecule has 1 heterocycles. The van der Waals surface area contributed by atoms with Gasteiger partial charge in [-0.15, -0.1) is 11.8 Å². The monoisotopic (exact) mass is 256 g/mol. The lowest BCUT2D eigenvalue weighted by Gasteiger charge is -1.99. The van der Waals surface area contributed by atoms with Gasteiger partial charge in [0.15, 0.2) is 5.69 Å². The van der Waals surface area contributed by atoms with Crippen molar-refractivity contribution >= 4 is 24.4 Å². The van der Waals surface area contributed by atoms with Crippen LogP contribution in [0.15, 0.2) is 11.1 Å². The van der Waals surface area contributed by atoms with Gasteiger partial charge in [-0.25, -0.2) is 0 Å². The van der Waals surface area contributed by atoms with E-state index in [9.17, 15) is 13.2 Å². The Morgan fingerprint density at radius 3 is 2.67 bits per heavy atom. The Balaban J connectivity index is 2.69. The molecule has 86 valence electrons. The van der Waals surface area contributed by atoms with Crippen molar-refractivity contribution in [3.63, 3.8) is 0 Å². The second kappa shape index (κ2) is 5.16. The molecule has 1 aromatic rings. The maximum atomic E-state index is 12.3. The Bertz CT molecular complexity index is 322. The molecule has 1 aromatic heterocycles. The summed E-state index contributed by atoms with van der Waals surface area (Å²) in [5, 5.41) is 3.94. The molecule has 7 heteroatoms. The van der Waals surface area contributed by atoms with Crippen LogP contribution in [0.4, 0.5) is 13.2 Å². The summed E-state index contributed by atoms with van der Waals surface area (Å²) in [6.45, 7) is 0. The van der Waals surface area contributed by atoms with Crippen molar-refractivity contribution in [3.8, 4) is 0 Å². The number of alkyl halides is 3. The third-order valence-electron chi connectivity index (χ3n) is 1.68. The Kier molecular flexibility index (Phi) is 4.39. The van der Waals surface area contributed by atoms with Gasteiger partial charge in [0.25, 0.3) is 0 Å². The molecule has 1 rings (SSSR count). The first-order valence-electron chi connectivity index (χ1n) is 4.30. The lowest BCUT2D eigenvalue weighted by Crippen LogP contribution is -2.06. The van der Waals surface area contributed by atoms with Crippen LogP contribution in [0.2, 0.25) is 0 Å². The van der Waals surface area contributed by atoms with Gasteiger partial charge in [-0.1, -0.05) is 0 Å². The zero-order valence-electron chi connectivity index (χ0n) is 8.08. The molecule has 0 atom stereocenters. The standard InChI is InChI=1S/C8H11F3N2S2/c1-13-7(15-4-2-3-14)5-6(12-13)8(9,10)11/h5,14H,2-4H2,1H3. The predicted molar refractivity (Wildman–Crippen MR) is 57.4 cm³/mol. The highest BCUT2D eigenvalue weighted by atomic mass is 32.2. The second-order valence-electron chi connectivity index (χ2n) is 2.91. The Morgan fingerprint density at radius 2 is 2.20 bits per heavy atom. The molecule has 0 amide bonds. The van der Waals surface area contributed by atoms with Crippen LogP contribution in [-0.4, -0.2) is 21.3 Å². The molecule has 0 fully saturated rings. The van der Waals surface area contributed by atoms with Crippen molar-refractivity contribution in [3.05, 3.63) is 11.8 Å². The van der Waals surface area contributed by atoms with Crippen molar-refractivity contribution in [2.75, 3.05) is 11.5 Å². The first-order chi connectivity index (χ1) is 6.95. The summed E-state index contributed by atoms with van der Waals surface area (Å²) in [5.74, 6) is 1.48. The summed E-state index contributed by atoms with van der Waals surface area (Å²) in [6, 6.07) is 1.07. The smallest absolute Gasteiger partial charge is 0.262 e. The predicted octanol–water partition coefficient (Wildman–Crippen LogP) is 2.85. The molecule has 0 aliphatic carbocycles. The molecule has 0 aliphatic rings. The van der Waals surface area contributed by atoms with Crippen LogP contribution >= 0.6 is 24.4 Å². The normalized spacial score (nSPS) is 12.1. The molecule has 0 aromatic carbocycles. The van der Waals surface area contributed by atoms with Gasteiger partial charge in [-0.2, -0.15) is 30.9 Å². The number of thioether (sulfide) groups is 1. The molecule has 0 unspecified atom stereocenters. The van der Waals surface area contributed by atoms with Crippen molar-refractivity contribution < 1.29 is 13.2 Å². The average molecular weight is 256 g/mol. The molecular weight excluding hydrogens is 245 g/mol. The third kappa shape index (κ3) is 3.64. The number of aryl methyl sites for hydroxylation is 1. The molecule has 2 nitrogen and oxygen atoms in total. The number of rotatable bonds is 4.